The van der Waals surface area contributed by atoms with Gasteiger partial charge in [0.1, 0.15) is 0 Å². The first kappa shape index (κ1) is 20.8. The van der Waals surface area contributed by atoms with Gasteiger partial charge in [-0.15, -0.1) is 0 Å². The van der Waals surface area contributed by atoms with Gasteiger partial charge < -0.3 is 19.1 Å². The van der Waals surface area contributed by atoms with E-state index in [0.717, 1.165) is 0 Å². The SMILES string of the molecule is CCOC(=O)NN=Cc1cc(Br)c(OCC(=O)N(C)C)c(OCC)c1. The molecule has 9 heteroatoms. The highest BCUT2D eigenvalue weighted by Crippen LogP contribution is 2.36. The van der Waals surface area contributed by atoms with E-state index in [4.69, 9.17) is 14.2 Å². The van der Waals surface area contributed by atoms with E-state index in [1.807, 2.05) is 6.92 Å². The minimum atomic E-state index is -0.634. The minimum absolute atomic E-state index is 0.108. The van der Waals surface area contributed by atoms with Crippen LogP contribution in [-0.2, 0) is 9.53 Å². The van der Waals surface area contributed by atoms with Crippen LogP contribution in [0.5, 0.6) is 11.5 Å². The molecule has 0 saturated carbocycles. The Labute approximate surface area is 155 Å². The van der Waals surface area contributed by atoms with E-state index in [1.54, 1.807) is 33.2 Å². The van der Waals surface area contributed by atoms with Crippen molar-refractivity contribution in [3.63, 3.8) is 0 Å². The molecule has 138 valence electrons. The second kappa shape index (κ2) is 10.5. The second-order valence-electron chi connectivity index (χ2n) is 4.93. The number of ether oxygens (including phenoxy) is 3. The van der Waals surface area contributed by atoms with E-state index >= 15 is 0 Å². The third-order valence-corrected chi connectivity index (χ3v) is 3.40. The van der Waals surface area contributed by atoms with Crippen molar-refractivity contribution in [3.05, 3.63) is 22.2 Å². The number of hydrogen-bond acceptors (Lipinski definition) is 6. The molecule has 1 N–H and O–H groups in total. The number of likely N-dealkylation sites (N-methyl/N-ethyl adjacent to an activating group) is 1. The van der Waals surface area contributed by atoms with E-state index in [2.05, 4.69) is 26.5 Å². The molecule has 0 fully saturated rings. The molecule has 0 aromatic heterocycles. The number of rotatable bonds is 8. The van der Waals surface area contributed by atoms with Crippen LogP contribution in [0, 0.1) is 0 Å². The Kier molecular flexibility index (Phi) is 8.76. The maximum Gasteiger partial charge on any atom is 0.427 e. The van der Waals surface area contributed by atoms with Gasteiger partial charge in [0, 0.05) is 14.1 Å². The zero-order chi connectivity index (χ0) is 18.8. The number of hydrazone groups is 1. The summed E-state index contributed by atoms with van der Waals surface area (Å²) >= 11 is 3.40. The van der Waals surface area contributed by atoms with E-state index in [0.29, 0.717) is 28.1 Å². The summed E-state index contributed by atoms with van der Waals surface area (Å²) in [4.78, 5) is 24.3. The van der Waals surface area contributed by atoms with Crippen LogP contribution in [0.1, 0.15) is 19.4 Å². The van der Waals surface area contributed by atoms with E-state index in [1.165, 1.54) is 11.1 Å². The van der Waals surface area contributed by atoms with E-state index in [-0.39, 0.29) is 19.1 Å². The average molecular weight is 416 g/mol. The van der Waals surface area contributed by atoms with E-state index < -0.39 is 6.09 Å². The van der Waals surface area contributed by atoms with Gasteiger partial charge >= 0.3 is 6.09 Å². The van der Waals surface area contributed by atoms with Crippen LogP contribution < -0.4 is 14.9 Å². The lowest BCUT2D eigenvalue weighted by Gasteiger charge is -2.16. The molecule has 2 amide bonds. The Morgan fingerprint density at radius 1 is 1.24 bits per heavy atom. The largest absolute Gasteiger partial charge is 0.490 e. The van der Waals surface area contributed by atoms with Gasteiger partial charge in [-0.1, -0.05) is 0 Å². The summed E-state index contributed by atoms with van der Waals surface area (Å²) in [5.74, 6) is 0.715. The van der Waals surface area contributed by atoms with Crippen molar-refractivity contribution >= 4 is 34.1 Å². The van der Waals surface area contributed by atoms with Crippen molar-refractivity contribution < 1.29 is 23.8 Å². The summed E-state index contributed by atoms with van der Waals surface area (Å²) < 4.78 is 16.4. The van der Waals surface area contributed by atoms with Gasteiger partial charge in [-0.05, 0) is 47.5 Å². The van der Waals surface area contributed by atoms with Crippen LogP contribution >= 0.6 is 15.9 Å². The van der Waals surface area contributed by atoms with Gasteiger partial charge in [0.25, 0.3) is 5.91 Å². The van der Waals surface area contributed by atoms with Crippen molar-refractivity contribution in [2.24, 2.45) is 5.10 Å². The van der Waals surface area contributed by atoms with Gasteiger partial charge in [0.05, 0.1) is 23.9 Å². The Morgan fingerprint density at radius 2 is 1.96 bits per heavy atom. The van der Waals surface area contributed by atoms with Crippen LogP contribution in [0.25, 0.3) is 0 Å². The normalized spacial score (nSPS) is 10.4. The number of halogens is 1. The van der Waals surface area contributed by atoms with Crippen molar-refractivity contribution in [1.82, 2.24) is 10.3 Å². The zero-order valence-corrected chi connectivity index (χ0v) is 16.3. The summed E-state index contributed by atoms with van der Waals surface area (Å²) in [5, 5.41) is 3.80. The summed E-state index contributed by atoms with van der Waals surface area (Å²) in [6.45, 7) is 4.12. The van der Waals surface area contributed by atoms with E-state index in [9.17, 15) is 9.59 Å². The monoisotopic (exact) mass is 415 g/mol. The summed E-state index contributed by atoms with van der Waals surface area (Å²) in [7, 11) is 3.31. The van der Waals surface area contributed by atoms with Crippen molar-refractivity contribution in [3.8, 4) is 11.5 Å². The standard InChI is InChI=1S/C16H22BrN3O5/c1-5-23-13-8-11(9-18-19-16(22)24-6-2)7-12(17)15(13)25-10-14(21)20(3)4/h7-9H,5-6,10H2,1-4H3,(H,19,22). The number of benzene rings is 1. The maximum atomic E-state index is 11.7. The van der Waals surface area contributed by atoms with Crippen LogP contribution in [0.3, 0.4) is 0 Å². The zero-order valence-electron chi connectivity index (χ0n) is 14.7. The first-order valence-electron chi connectivity index (χ1n) is 7.64. The molecule has 1 aromatic rings. The Bertz CT molecular complexity index is 634. The first-order chi connectivity index (χ1) is 11.9. The molecule has 0 aliphatic carbocycles. The number of nitrogens with zero attached hydrogens (tertiary/aromatic N) is 2. The lowest BCUT2D eigenvalue weighted by Crippen LogP contribution is -2.27. The number of carbonyl (C=O) groups is 2. The highest BCUT2D eigenvalue weighted by Gasteiger charge is 2.14. The fourth-order valence-corrected chi connectivity index (χ4v) is 2.23. The van der Waals surface area contributed by atoms with Gasteiger partial charge in [-0.25, -0.2) is 10.2 Å². The van der Waals surface area contributed by atoms with Crippen LogP contribution in [0.4, 0.5) is 4.79 Å². The smallest absolute Gasteiger partial charge is 0.427 e. The summed E-state index contributed by atoms with van der Waals surface area (Å²) in [6, 6.07) is 3.42. The molecule has 25 heavy (non-hydrogen) atoms. The molecule has 0 heterocycles. The maximum absolute atomic E-state index is 11.7. The molecule has 1 rings (SSSR count). The van der Waals surface area contributed by atoms with Crippen molar-refractivity contribution in [2.75, 3.05) is 33.9 Å². The second-order valence-corrected chi connectivity index (χ2v) is 5.78. The molecule has 0 spiro atoms. The summed E-state index contributed by atoms with van der Waals surface area (Å²) in [6.07, 6.45) is 0.809. The molecule has 1 aromatic carbocycles. The fraction of sp³-hybridized carbons (Fsp3) is 0.438. The predicted octanol–water partition coefficient (Wildman–Crippen LogP) is 2.39. The van der Waals surface area contributed by atoms with Crippen molar-refractivity contribution in [1.29, 1.82) is 0 Å². The molecule has 0 saturated heterocycles. The quantitative estimate of drug-likeness (QED) is 0.519. The first-order valence-corrected chi connectivity index (χ1v) is 8.43. The Morgan fingerprint density at radius 3 is 2.56 bits per heavy atom. The molecular weight excluding hydrogens is 394 g/mol. The van der Waals surface area contributed by atoms with Gasteiger partial charge in [-0.2, -0.15) is 5.10 Å². The molecule has 0 unspecified atom stereocenters. The molecule has 0 aliphatic heterocycles. The number of nitrogens with one attached hydrogen (secondary N) is 1. The minimum Gasteiger partial charge on any atom is -0.490 e. The topological polar surface area (TPSA) is 89.5 Å². The molecule has 0 radical (unpaired) electrons. The molecule has 0 bridgehead atoms. The molecular formula is C16H22BrN3O5. The Hall–Kier alpha value is -2.29. The van der Waals surface area contributed by atoms with Crippen LogP contribution in [0.2, 0.25) is 0 Å². The van der Waals surface area contributed by atoms with Gasteiger partial charge in [0.2, 0.25) is 0 Å². The number of amides is 2. The van der Waals surface area contributed by atoms with Crippen LogP contribution in [0.15, 0.2) is 21.7 Å². The third kappa shape index (κ3) is 7.00. The average Bonchev–Trinajstić information content (AvgIpc) is 2.54. The Balaban J connectivity index is 2.92. The molecule has 8 nitrogen and oxygen atoms in total. The number of carbonyl (C=O) groups excluding carboxylic acids is 2. The summed E-state index contributed by atoms with van der Waals surface area (Å²) in [5.41, 5.74) is 2.91. The highest BCUT2D eigenvalue weighted by molar-refractivity contribution is 9.10. The number of hydrogen-bond donors (Lipinski definition) is 1. The van der Waals surface area contributed by atoms with Gasteiger partial charge in [-0.3, -0.25) is 4.79 Å². The highest BCUT2D eigenvalue weighted by atomic mass is 79.9. The van der Waals surface area contributed by atoms with Crippen molar-refractivity contribution in [2.45, 2.75) is 13.8 Å². The van der Waals surface area contributed by atoms with Crippen LogP contribution in [-0.4, -0.2) is 57.0 Å². The van der Waals surface area contributed by atoms with Gasteiger partial charge in [0.15, 0.2) is 18.1 Å². The lowest BCUT2D eigenvalue weighted by molar-refractivity contribution is -0.130. The predicted molar refractivity (Wildman–Crippen MR) is 97.3 cm³/mol. The molecule has 0 atom stereocenters. The lowest BCUT2D eigenvalue weighted by atomic mass is 10.2. The molecule has 0 aliphatic rings. The third-order valence-electron chi connectivity index (χ3n) is 2.82. The fourth-order valence-electron chi connectivity index (χ4n) is 1.65.